The van der Waals surface area contributed by atoms with Crippen LogP contribution in [-0.4, -0.2) is 17.6 Å². The summed E-state index contributed by atoms with van der Waals surface area (Å²) in [7, 11) is 0. The molecule has 3 nitrogen and oxygen atoms in total. The van der Waals surface area contributed by atoms with Gasteiger partial charge in [0, 0.05) is 6.20 Å². The molecule has 0 aliphatic heterocycles. The number of esters is 1. The van der Waals surface area contributed by atoms with Gasteiger partial charge in [0.15, 0.2) is 0 Å². The minimum Gasteiger partial charge on any atom is -0.466 e. The Morgan fingerprint density at radius 2 is 2.25 bits per heavy atom. The van der Waals surface area contributed by atoms with Crippen molar-refractivity contribution in [2.24, 2.45) is 0 Å². The van der Waals surface area contributed by atoms with E-state index in [0.29, 0.717) is 0 Å². The van der Waals surface area contributed by atoms with Gasteiger partial charge in [-0.3, -0.25) is 9.78 Å². The Hall–Kier alpha value is -1.59. The molecule has 1 heterocycles. The lowest BCUT2D eigenvalue weighted by Gasteiger charge is -2.08. The van der Waals surface area contributed by atoms with E-state index < -0.39 is 30.2 Å². The Labute approximate surface area is 90.2 Å². The van der Waals surface area contributed by atoms with Gasteiger partial charge in [-0.1, -0.05) is 0 Å². The third kappa shape index (κ3) is 2.95. The predicted octanol–water partition coefficient (Wildman–Crippen LogP) is 2.26. The maximum absolute atomic E-state index is 13.1. The number of alkyl halides is 2. The van der Waals surface area contributed by atoms with E-state index in [2.05, 4.69) is 9.72 Å². The van der Waals surface area contributed by atoms with Gasteiger partial charge in [0.1, 0.15) is 5.82 Å². The molecule has 0 bridgehead atoms. The highest BCUT2D eigenvalue weighted by Crippen LogP contribution is 2.24. The van der Waals surface area contributed by atoms with Crippen molar-refractivity contribution >= 4 is 5.97 Å². The van der Waals surface area contributed by atoms with E-state index in [0.717, 1.165) is 12.3 Å². The van der Waals surface area contributed by atoms with Crippen LogP contribution in [0.3, 0.4) is 0 Å². The number of halogens is 3. The van der Waals surface area contributed by atoms with Gasteiger partial charge in [-0.15, -0.1) is 0 Å². The lowest BCUT2D eigenvalue weighted by Crippen LogP contribution is -2.12. The topological polar surface area (TPSA) is 39.2 Å². The van der Waals surface area contributed by atoms with Gasteiger partial charge in [-0.05, 0) is 13.0 Å². The summed E-state index contributed by atoms with van der Waals surface area (Å²) in [4.78, 5) is 14.6. The molecule has 1 aromatic rings. The molecule has 0 aliphatic rings. The smallest absolute Gasteiger partial charge is 0.311 e. The standard InChI is InChI=1S/C10H10F3NO2/c1-2-16-8(15)5-7-9(10(12)13)6(11)3-4-14-7/h3-4,10H,2,5H2,1H3. The third-order valence-electron chi connectivity index (χ3n) is 1.85. The highest BCUT2D eigenvalue weighted by Gasteiger charge is 2.21. The SMILES string of the molecule is CCOC(=O)Cc1nccc(F)c1C(F)F. The van der Waals surface area contributed by atoms with Gasteiger partial charge in [0.2, 0.25) is 0 Å². The Morgan fingerprint density at radius 1 is 1.56 bits per heavy atom. The first kappa shape index (κ1) is 12.5. The molecule has 1 aromatic heterocycles. The largest absolute Gasteiger partial charge is 0.466 e. The Morgan fingerprint density at radius 3 is 2.81 bits per heavy atom. The number of carbonyl (C=O) groups excluding carboxylic acids is 1. The first-order valence-electron chi connectivity index (χ1n) is 4.63. The van der Waals surface area contributed by atoms with Gasteiger partial charge in [-0.25, -0.2) is 13.2 Å². The summed E-state index contributed by atoms with van der Waals surface area (Å²) >= 11 is 0. The maximum Gasteiger partial charge on any atom is 0.311 e. The van der Waals surface area contributed by atoms with Crippen LogP contribution in [0.5, 0.6) is 0 Å². The summed E-state index contributed by atoms with van der Waals surface area (Å²) in [6, 6.07) is 0.830. The molecule has 0 amide bonds. The Bertz CT molecular complexity index is 382. The van der Waals surface area contributed by atoms with Crippen molar-refractivity contribution in [1.29, 1.82) is 0 Å². The van der Waals surface area contributed by atoms with Gasteiger partial charge < -0.3 is 4.74 Å². The van der Waals surface area contributed by atoms with Gasteiger partial charge in [0.25, 0.3) is 6.43 Å². The second kappa shape index (κ2) is 5.48. The average Bonchev–Trinajstić information content (AvgIpc) is 2.17. The van der Waals surface area contributed by atoms with Crippen molar-refractivity contribution in [3.63, 3.8) is 0 Å². The van der Waals surface area contributed by atoms with E-state index in [1.54, 1.807) is 6.92 Å². The zero-order valence-corrected chi connectivity index (χ0v) is 8.54. The van der Waals surface area contributed by atoms with Crippen LogP contribution in [0.1, 0.15) is 24.6 Å². The second-order valence-electron chi connectivity index (χ2n) is 2.94. The molecule has 1 rings (SSSR count). The molecule has 88 valence electrons. The van der Waals surface area contributed by atoms with Crippen molar-refractivity contribution < 1.29 is 22.7 Å². The summed E-state index contributed by atoms with van der Waals surface area (Å²) in [5, 5.41) is 0. The summed E-state index contributed by atoms with van der Waals surface area (Å²) in [6.45, 7) is 1.73. The van der Waals surface area contributed by atoms with Crippen molar-refractivity contribution in [3.8, 4) is 0 Å². The highest BCUT2D eigenvalue weighted by molar-refractivity contribution is 5.72. The van der Waals surface area contributed by atoms with Gasteiger partial charge in [-0.2, -0.15) is 0 Å². The maximum atomic E-state index is 13.1. The average molecular weight is 233 g/mol. The molecule has 0 spiro atoms. The number of nitrogens with zero attached hydrogens (tertiary/aromatic N) is 1. The van der Waals surface area contributed by atoms with E-state index in [9.17, 15) is 18.0 Å². The molecule has 0 N–H and O–H groups in total. The molecule has 0 radical (unpaired) electrons. The number of pyridine rings is 1. The van der Waals surface area contributed by atoms with Gasteiger partial charge in [0.05, 0.1) is 24.3 Å². The van der Waals surface area contributed by atoms with Crippen LogP contribution < -0.4 is 0 Å². The van der Waals surface area contributed by atoms with E-state index >= 15 is 0 Å². The van der Waals surface area contributed by atoms with Crippen molar-refractivity contribution in [2.75, 3.05) is 6.61 Å². The van der Waals surface area contributed by atoms with E-state index in [1.807, 2.05) is 0 Å². The molecule has 0 saturated heterocycles. The molecule has 16 heavy (non-hydrogen) atoms. The lowest BCUT2D eigenvalue weighted by atomic mass is 10.1. The summed E-state index contributed by atoms with van der Waals surface area (Å²) < 4.78 is 42.6. The first-order chi connectivity index (χ1) is 7.56. The fourth-order valence-electron chi connectivity index (χ4n) is 1.21. The molecule has 0 fully saturated rings. The number of carbonyl (C=O) groups is 1. The molecular weight excluding hydrogens is 223 g/mol. The monoisotopic (exact) mass is 233 g/mol. The number of aromatic nitrogens is 1. The predicted molar refractivity (Wildman–Crippen MR) is 49.5 cm³/mol. The van der Waals surface area contributed by atoms with Crippen LogP contribution in [0.2, 0.25) is 0 Å². The lowest BCUT2D eigenvalue weighted by molar-refractivity contribution is -0.142. The van der Waals surface area contributed by atoms with Crippen LogP contribution in [0.4, 0.5) is 13.2 Å². The summed E-state index contributed by atoms with van der Waals surface area (Å²) in [5.74, 6) is -1.77. The van der Waals surface area contributed by atoms with Gasteiger partial charge >= 0.3 is 5.97 Å². The van der Waals surface area contributed by atoms with E-state index in [-0.39, 0.29) is 12.3 Å². The van der Waals surface area contributed by atoms with Crippen LogP contribution in [0, 0.1) is 5.82 Å². The first-order valence-corrected chi connectivity index (χ1v) is 4.63. The minimum absolute atomic E-state index is 0.137. The minimum atomic E-state index is -3.00. The molecular formula is C10H10F3NO2. The van der Waals surface area contributed by atoms with Crippen molar-refractivity contribution in [3.05, 3.63) is 29.3 Å². The van der Waals surface area contributed by atoms with Crippen LogP contribution >= 0.6 is 0 Å². The molecule has 0 saturated carbocycles. The fourth-order valence-corrected chi connectivity index (χ4v) is 1.21. The normalized spacial score (nSPS) is 10.6. The van der Waals surface area contributed by atoms with Crippen LogP contribution in [-0.2, 0) is 16.0 Å². The number of hydrogen-bond acceptors (Lipinski definition) is 3. The molecule has 0 unspecified atom stereocenters. The van der Waals surface area contributed by atoms with E-state index in [4.69, 9.17) is 0 Å². The fraction of sp³-hybridized carbons (Fsp3) is 0.400. The van der Waals surface area contributed by atoms with E-state index in [1.165, 1.54) is 0 Å². The number of ether oxygens (including phenoxy) is 1. The van der Waals surface area contributed by atoms with Crippen molar-refractivity contribution in [2.45, 2.75) is 19.8 Å². The third-order valence-corrected chi connectivity index (χ3v) is 1.85. The highest BCUT2D eigenvalue weighted by atomic mass is 19.3. The summed E-state index contributed by atoms with van der Waals surface area (Å²) in [6.07, 6.45) is -2.42. The van der Waals surface area contributed by atoms with Crippen LogP contribution in [0.15, 0.2) is 12.3 Å². The molecule has 0 aliphatic carbocycles. The van der Waals surface area contributed by atoms with Crippen LogP contribution in [0.25, 0.3) is 0 Å². The molecule has 0 aromatic carbocycles. The van der Waals surface area contributed by atoms with Crippen molar-refractivity contribution in [1.82, 2.24) is 4.98 Å². The molecule has 6 heteroatoms. The summed E-state index contributed by atoms with van der Waals surface area (Å²) in [5.41, 5.74) is -1.12. The Kier molecular flexibility index (Phi) is 4.28. The zero-order chi connectivity index (χ0) is 12.1. The number of hydrogen-bond donors (Lipinski definition) is 0. The Balaban J connectivity index is 2.95. The number of rotatable bonds is 4. The quantitative estimate of drug-likeness (QED) is 0.749. The second-order valence-corrected chi connectivity index (χ2v) is 2.94. The zero-order valence-electron chi connectivity index (χ0n) is 8.54. The molecule has 0 atom stereocenters.